The molecule has 0 spiro atoms. The number of carbonyl (C=O) groups is 1. The van der Waals surface area contributed by atoms with Crippen molar-refractivity contribution in [3.05, 3.63) is 12.7 Å². The van der Waals surface area contributed by atoms with Crippen LogP contribution < -0.4 is 5.32 Å². The Morgan fingerprint density at radius 2 is 2.54 bits per heavy atom. The largest absolute Gasteiger partial charge is 0.334 e. The van der Waals surface area contributed by atoms with E-state index in [-0.39, 0.29) is 5.91 Å². The Balaban J connectivity index is 2.55. The first-order valence-corrected chi connectivity index (χ1v) is 4.93. The monoisotopic (exact) mass is 182 g/mol. The minimum absolute atomic E-state index is 0.0694. The number of amides is 1. The zero-order valence-corrected chi connectivity index (χ0v) is 8.25. The average molecular weight is 182 g/mol. The molecule has 0 radical (unpaired) electrons. The molecule has 0 aromatic carbocycles. The van der Waals surface area contributed by atoms with E-state index in [0.29, 0.717) is 6.04 Å². The molecule has 1 amide bonds. The molecule has 0 saturated carbocycles. The van der Waals surface area contributed by atoms with Gasteiger partial charge in [-0.15, -0.1) is 0 Å². The quantitative estimate of drug-likeness (QED) is 0.654. The summed E-state index contributed by atoms with van der Waals surface area (Å²) in [5.41, 5.74) is 0. The molecule has 1 N–H and O–H groups in total. The minimum atomic E-state index is 0.0694. The highest BCUT2D eigenvalue weighted by Gasteiger charge is 2.23. The molecule has 1 unspecified atom stereocenters. The molecule has 0 bridgehead atoms. The minimum Gasteiger partial charge on any atom is -0.334 e. The Labute approximate surface area is 79.8 Å². The number of hydrogen-bond acceptors (Lipinski definition) is 2. The zero-order chi connectivity index (χ0) is 9.68. The third-order valence-electron chi connectivity index (χ3n) is 2.43. The lowest BCUT2D eigenvalue weighted by atomic mass is 10.1. The van der Waals surface area contributed by atoms with Gasteiger partial charge in [0.15, 0.2) is 0 Å². The SMILES string of the molecule is C=CC(=O)N1CCNCC1CCC. The molecule has 1 saturated heterocycles. The topological polar surface area (TPSA) is 32.3 Å². The van der Waals surface area contributed by atoms with Crippen LogP contribution in [0.3, 0.4) is 0 Å². The van der Waals surface area contributed by atoms with Gasteiger partial charge in [0.1, 0.15) is 0 Å². The van der Waals surface area contributed by atoms with Gasteiger partial charge in [-0.2, -0.15) is 0 Å². The van der Waals surface area contributed by atoms with Crippen LogP contribution in [-0.2, 0) is 4.79 Å². The van der Waals surface area contributed by atoms with E-state index in [1.807, 2.05) is 4.90 Å². The van der Waals surface area contributed by atoms with Gasteiger partial charge >= 0.3 is 0 Å². The first-order chi connectivity index (χ1) is 6.29. The fraction of sp³-hybridized carbons (Fsp3) is 0.700. The molecule has 13 heavy (non-hydrogen) atoms. The maximum atomic E-state index is 11.4. The summed E-state index contributed by atoms with van der Waals surface area (Å²) in [5, 5.41) is 3.30. The predicted octanol–water partition coefficient (Wildman–Crippen LogP) is 0.773. The summed E-state index contributed by atoms with van der Waals surface area (Å²) in [6.45, 7) is 8.30. The zero-order valence-electron chi connectivity index (χ0n) is 8.25. The Kier molecular flexibility index (Phi) is 3.96. The molecular weight excluding hydrogens is 164 g/mol. The molecule has 1 rings (SSSR count). The third kappa shape index (κ3) is 2.56. The average Bonchev–Trinajstić information content (AvgIpc) is 2.18. The van der Waals surface area contributed by atoms with Crippen LogP contribution in [0, 0.1) is 0 Å². The summed E-state index contributed by atoms with van der Waals surface area (Å²) in [4.78, 5) is 13.4. The van der Waals surface area contributed by atoms with E-state index in [4.69, 9.17) is 0 Å². The lowest BCUT2D eigenvalue weighted by Gasteiger charge is -2.35. The van der Waals surface area contributed by atoms with Gasteiger partial charge in [0.05, 0.1) is 0 Å². The molecule has 1 aliphatic heterocycles. The lowest BCUT2D eigenvalue weighted by molar-refractivity contribution is -0.129. The van der Waals surface area contributed by atoms with E-state index >= 15 is 0 Å². The Morgan fingerprint density at radius 1 is 1.77 bits per heavy atom. The van der Waals surface area contributed by atoms with Crippen LogP contribution >= 0.6 is 0 Å². The highest BCUT2D eigenvalue weighted by atomic mass is 16.2. The third-order valence-corrected chi connectivity index (χ3v) is 2.43. The van der Waals surface area contributed by atoms with Gasteiger partial charge in [-0.1, -0.05) is 19.9 Å². The molecule has 1 aliphatic rings. The van der Waals surface area contributed by atoms with E-state index in [9.17, 15) is 4.79 Å². The fourth-order valence-electron chi connectivity index (χ4n) is 1.76. The molecule has 1 fully saturated rings. The van der Waals surface area contributed by atoms with Crippen molar-refractivity contribution in [1.29, 1.82) is 0 Å². The van der Waals surface area contributed by atoms with Gasteiger partial charge < -0.3 is 10.2 Å². The highest BCUT2D eigenvalue weighted by molar-refractivity contribution is 5.87. The standard InChI is InChI=1S/C10H18N2O/c1-3-5-9-8-11-6-7-12(9)10(13)4-2/h4,9,11H,2-3,5-8H2,1H3. The summed E-state index contributed by atoms with van der Waals surface area (Å²) < 4.78 is 0. The van der Waals surface area contributed by atoms with Crippen molar-refractivity contribution in [2.45, 2.75) is 25.8 Å². The molecular formula is C10H18N2O. The van der Waals surface area contributed by atoms with Gasteiger partial charge in [-0.05, 0) is 12.5 Å². The Morgan fingerprint density at radius 3 is 3.15 bits per heavy atom. The van der Waals surface area contributed by atoms with Gasteiger partial charge in [0.25, 0.3) is 0 Å². The van der Waals surface area contributed by atoms with Crippen molar-refractivity contribution in [2.75, 3.05) is 19.6 Å². The van der Waals surface area contributed by atoms with Crippen molar-refractivity contribution in [3.8, 4) is 0 Å². The second-order valence-corrected chi connectivity index (χ2v) is 3.38. The number of hydrogen-bond donors (Lipinski definition) is 1. The maximum Gasteiger partial charge on any atom is 0.246 e. The van der Waals surface area contributed by atoms with Crippen molar-refractivity contribution >= 4 is 5.91 Å². The number of carbonyl (C=O) groups excluding carboxylic acids is 1. The molecule has 1 heterocycles. The molecule has 3 nitrogen and oxygen atoms in total. The van der Waals surface area contributed by atoms with E-state index in [1.165, 1.54) is 6.08 Å². The maximum absolute atomic E-state index is 11.4. The molecule has 0 aromatic heterocycles. The summed E-state index contributed by atoms with van der Waals surface area (Å²) in [6.07, 6.45) is 3.60. The molecule has 1 atom stereocenters. The second kappa shape index (κ2) is 5.02. The molecule has 74 valence electrons. The first-order valence-electron chi connectivity index (χ1n) is 4.93. The van der Waals surface area contributed by atoms with Crippen LogP contribution in [0.4, 0.5) is 0 Å². The number of rotatable bonds is 3. The fourth-order valence-corrected chi connectivity index (χ4v) is 1.76. The van der Waals surface area contributed by atoms with Crippen LogP contribution in [-0.4, -0.2) is 36.5 Å². The van der Waals surface area contributed by atoms with Crippen LogP contribution in [0.5, 0.6) is 0 Å². The van der Waals surface area contributed by atoms with Gasteiger partial charge in [-0.3, -0.25) is 4.79 Å². The van der Waals surface area contributed by atoms with Crippen LogP contribution in [0.15, 0.2) is 12.7 Å². The summed E-state index contributed by atoms with van der Waals surface area (Å²) in [5.74, 6) is 0.0694. The van der Waals surface area contributed by atoms with Crippen molar-refractivity contribution in [2.24, 2.45) is 0 Å². The van der Waals surface area contributed by atoms with Crippen LogP contribution in [0.25, 0.3) is 0 Å². The van der Waals surface area contributed by atoms with E-state index in [2.05, 4.69) is 18.8 Å². The van der Waals surface area contributed by atoms with Crippen molar-refractivity contribution in [3.63, 3.8) is 0 Å². The first kappa shape index (κ1) is 10.3. The van der Waals surface area contributed by atoms with Crippen LogP contribution in [0.2, 0.25) is 0 Å². The van der Waals surface area contributed by atoms with E-state index in [1.54, 1.807) is 0 Å². The lowest BCUT2D eigenvalue weighted by Crippen LogP contribution is -2.53. The molecule has 0 aliphatic carbocycles. The smallest absolute Gasteiger partial charge is 0.246 e. The summed E-state index contributed by atoms with van der Waals surface area (Å²) >= 11 is 0. The second-order valence-electron chi connectivity index (χ2n) is 3.38. The van der Waals surface area contributed by atoms with E-state index < -0.39 is 0 Å². The Bertz CT molecular complexity index is 189. The van der Waals surface area contributed by atoms with Crippen molar-refractivity contribution < 1.29 is 4.79 Å². The molecule has 3 heteroatoms. The summed E-state index contributed by atoms with van der Waals surface area (Å²) in [6, 6.07) is 0.365. The Hall–Kier alpha value is -0.830. The van der Waals surface area contributed by atoms with Crippen molar-refractivity contribution in [1.82, 2.24) is 10.2 Å². The van der Waals surface area contributed by atoms with Crippen LogP contribution in [0.1, 0.15) is 19.8 Å². The predicted molar refractivity (Wildman–Crippen MR) is 53.5 cm³/mol. The normalized spacial score (nSPS) is 22.8. The number of nitrogens with one attached hydrogen (secondary N) is 1. The highest BCUT2D eigenvalue weighted by Crippen LogP contribution is 2.09. The molecule has 0 aromatic rings. The van der Waals surface area contributed by atoms with Gasteiger partial charge in [-0.25, -0.2) is 0 Å². The number of piperazine rings is 1. The number of nitrogens with zero attached hydrogens (tertiary/aromatic N) is 1. The van der Waals surface area contributed by atoms with Gasteiger partial charge in [0.2, 0.25) is 5.91 Å². The van der Waals surface area contributed by atoms with E-state index in [0.717, 1.165) is 32.5 Å². The van der Waals surface area contributed by atoms with Gasteiger partial charge in [0, 0.05) is 25.7 Å². The summed E-state index contributed by atoms with van der Waals surface area (Å²) in [7, 11) is 0.